The summed E-state index contributed by atoms with van der Waals surface area (Å²) in [5, 5.41) is 0. The van der Waals surface area contributed by atoms with Gasteiger partial charge in [0.1, 0.15) is 0 Å². The first-order chi connectivity index (χ1) is 7.24. The Morgan fingerprint density at radius 3 is 2.53 bits per heavy atom. The largest absolute Gasteiger partial charge is 0.325 e. The van der Waals surface area contributed by atoms with E-state index in [1.54, 1.807) is 0 Å². The van der Waals surface area contributed by atoms with E-state index in [1.807, 2.05) is 0 Å². The summed E-state index contributed by atoms with van der Waals surface area (Å²) in [4.78, 5) is 29.1. The van der Waals surface area contributed by atoms with Crippen molar-refractivity contribution in [2.24, 2.45) is 0 Å². The van der Waals surface area contributed by atoms with Gasteiger partial charge in [0.15, 0.2) is 0 Å². The molecule has 0 unspecified atom stereocenters. The number of likely N-dealkylation sites (tertiary alicyclic amines) is 1. The van der Waals surface area contributed by atoms with Crippen molar-refractivity contribution in [2.75, 3.05) is 13.1 Å². The molecule has 5 heteroatoms. The molecular weight excluding hydrogens is 194 g/mol. The van der Waals surface area contributed by atoms with Crippen LogP contribution in [0.1, 0.15) is 25.0 Å². The Balaban J connectivity index is 2.09. The van der Waals surface area contributed by atoms with Crippen molar-refractivity contribution in [2.45, 2.75) is 25.8 Å². The molecule has 0 bridgehead atoms. The fourth-order valence-corrected chi connectivity index (χ4v) is 1.96. The monoisotopic (exact) mass is 209 g/mol. The molecule has 0 aliphatic carbocycles. The van der Waals surface area contributed by atoms with Crippen molar-refractivity contribution in [1.29, 1.82) is 0 Å². The van der Waals surface area contributed by atoms with Crippen LogP contribution in [0.25, 0.3) is 0 Å². The summed E-state index contributed by atoms with van der Waals surface area (Å²) < 4.78 is 0. The van der Waals surface area contributed by atoms with Crippen molar-refractivity contribution in [1.82, 2.24) is 14.9 Å². The van der Waals surface area contributed by atoms with E-state index in [9.17, 15) is 9.59 Å². The molecule has 1 aromatic rings. The van der Waals surface area contributed by atoms with Gasteiger partial charge in [-0.1, -0.05) is 6.42 Å². The van der Waals surface area contributed by atoms with Crippen LogP contribution in [-0.4, -0.2) is 28.0 Å². The summed E-state index contributed by atoms with van der Waals surface area (Å²) in [7, 11) is 0. The zero-order chi connectivity index (χ0) is 10.7. The van der Waals surface area contributed by atoms with Crippen LogP contribution in [0.15, 0.2) is 15.7 Å². The Kier molecular flexibility index (Phi) is 3.01. The van der Waals surface area contributed by atoms with E-state index >= 15 is 0 Å². The van der Waals surface area contributed by atoms with Gasteiger partial charge in [-0.15, -0.1) is 0 Å². The standard InChI is InChI=1S/C10H15N3O2/c14-9-6-8(11-10(15)12-9)7-13-4-2-1-3-5-13/h6H,1-5,7H2,(H2,11,12,14,15). The second kappa shape index (κ2) is 4.44. The lowest BCUT2D eigenvalue weighted by Crippen LogP contribution is -2.32. The maximum Gasteiger partial charge on any atom is 0.325 e. The SMILES string of the molecule is O=c1cc(CN2CCCCC2)[nH]c(=O)[nH]1. The number of nitrogens with one attached hydrogen (secondary N) is 2. The number of H-pyrrole nitrogens is 2. The molecule has 1 aromatic heterocycles. The maximum atomic E-state index is 11.1. The van der Waals surface area contributed by atoms with E-state index in [-0.39, 0.29) is 5.56 Å². The van der Waals surface area contributed by atoms with Crippen molar-refractivity contribution in [3.63, 3.8) is 0 Å². The fourth-order valence-electron chi connectivity index (χ4n) is 1.96. The molecule has 0 amide bonds. The van der Waals surface area contributed by atoms with Gasteiger partial charge < -0.3 is 4.98 Å². The van der Waals surface area contributed by atoms with E-state index in [0.717, 1.165) is 13.1 Å². The molecule has 2 rings (SSSR count). The molecule has 1 aliphatic heterocycles. The van der Waals surface area contributed by atoms with Gasteiger partial charge in [0.25, 0.3) is 5.56 Å². The number of piperidine rings is 1. The third-order valence-corrected chi connectivity index (χ3v) is 2.66. The highest BCUT2D eigenvalue weighted by molar-refractivity contribution is 4.98. The normalized spacial score (nSPS) is 17.9. The highest BCUT2D eigenvalue weighted by Crippen LogP contribution is 2.10. The van der Waals surface area contributed by atoms with Crippen molar-refractivity contribution < 1.29 is 0 Å². The third kappa shape index (κ3) is 2.79. The summed E-state index contributed by atoms with van der Waals surface area (Å²) in [6.45, 7) is 2.77. The minimum Gasteiger partial charge on any atom is -0.310 e. The van der Waals surface area contributed by atoms with E-state index in [0.29, 0.717) is 12.2 Å². The summed E-state index contributed by atoms with van der Waals surface area (Å²) in [5.41, 5.74) is -0.0501. The molecule has 0 aromatic carbocycles. The predicted molar refractivity (Wildman–Crippen MR) is 56.8 cm³/mol. The van der Waals surface area contributed by atoms with Crippen LogP contribution in [0.3, 0.4) is 0 Å². The van der Waals surface area contributed by atoms with E-state index < -0.39 is 5.69 Å². The van der Waals surface area contributed by atoms with Crippen molar-refractivity contribution in [3.05, 3.63) is 32.6 Å². The van der Waals surface area contributed by atoms with E-state index in [4.69, 9.17) is 0 Å². The van der Waals surface area contributed by atoms with Crippen LogP contribution >= 0.6 is 0 Å². The van der Waals surface area contributed by atoms with Gasteiger partial charge in [0, 0.05) is 18.3 Å². The molecule has 0 atom stereocenters. The van der Waals surface area contributed by atoms with Crippen LogP contribution in [0.4, 0.5) is 0 Å². The molecule has 2 N–H and O–H groups in total. The highest BCUT2D eigenvalue weighted by atomic mass is 16.2. The first-order valence-corrected chi connectivity index (χ1v) is 5.29. The molecule has 0 radical (unpaired) electrons. The lowest BCUT2D eigenvalue weighted by Gasteiger charge is -2.25. The molecular formula is C10H15N3O2. The summed E-state index contributed by atoms with van der Waals surface area (Å²) in [6, 6.07) is 1.45. The molecule has 0 spiro atoms. The van der Waals surface area contributed by atoms with Crippen LogP contribution in [-0.2, 0) is 6.54 Å². The first-order valence-electron chi connectivity index (χ1n) is 5.29. The minimum atomic E-state index is -0.422. The average molecular weight is 209 g/mol. The number of aromatic amines is 2. The Morgan fingerprint density at radius 2 is 1.87 bits per heavy atom. The molecule has 2 heterocycles. The lowest BCUT2D eigenvalue weighted by atomic mass is 10.1. The van der Waals surface area contributed by atoms with Gasteiger partial charge in [0.2, 0.25) is 0 Å². The topological polar surface area (TPSA) is 69.0 Å². The zero-order valence-electron chi connectivity index (χ0n) is 8.58. The second-order valence-corrected chi connectivity index (χ2v) is 3.95. The molecule has 82 valence electrons. The summed E-state index contributed by atoms with van der Waals surface area (Å²) in [5.74, 6) is 0. The average Bonchev–Trinajstić information content (AvgIpc) is 2.17. The Morgan fingerprint density at radius 1 is 1.13 bits per heavy atom. The Labute approximate surface area is 87.1 Å². The van der Waals surface area contributed by atoms with Gasteiger partial charge in [-0.3, -0.25) is 14.7 Å². The van der Waals surface area contributed by atoms with Crippen molar-refractivity contribution in [3.8, 4) is 0 Å². The van der Waals surface area contributed by atoms with E-state index in [1.165, 1.54) is 25.3 Å². The quantitative estimate of drug-likeness (QED) is 0.723. The van der Waals surface area contributed by atoms with Gasteiger partial charge in [-0.2, -0.15) is 0 Å². The van der Waals surface area contributed by atoms with Gasteiger partial charge in [0.05, 0.1) is 0 Å². The zero-order valence-corrected chi connectivity index (χ0v) is 8.58. The minimum absolute atomic E-state index is 0.328. The molecule has 1 fully saturated rings. The number of rotatable bonds is 2. The van der Waals surface area contributed by atoms with Crippen LogP contribution in [0.5, 0.6) is 0 Å². The number of aromatic nitrogens is 2. The molecule has 5 nitrogen and oxygen atoms in total. The highest BCUT2D eigenvalue weighted by Gasteiger charge is 2.10. The molecule has 1 saturated heterocycles. The Bertz CT molecular complexity index is 401. The predicted octanol–water partition coefficient (Wildman–Crippen LogP) is 0.0491. The molecule has 1 aliphatic rings. The Hall–Kier alpha value is -1.36. The van der Waals surface area contributed by atoms with Crippen LogP contribution in [0, 0.1) is 0 Å². The van der Waals surface area contributed by atoms with Crippen molar-refractivity contribution >= 4 is 0 Å². The lowest BCUT2D eigenvalue weighted by molar-refractivity contribution is 0.218. The molecule has 15 heavy (non-hydrogen) atoms. The number of hydrogen-bond donors (Lipinski definition) is 2. The second-order valence-electron chi connectivity index (χ2n) is 3.95. The summed E-state index contributed by atoms with van der Waals surface area (Å²) in [6.07, 6.45) is 3.68. The van der Waals surface area contributed by atoms with Gasteiger partial charge >= 0.3 is 5.69 Å². The maximum absolute atomic E-state index is 11.1. The smallest absolute Gasteiger partial charge is 0.310 e. The first kappa shape index (κ1) is 10.2. The van der Waals surface area contributed by atoms with Gasteiger partial charge in [-0.25, -0.2) is 4.79 Å². The van der Waals surface area contributed by atoms with Gasteiger partial charge in [-0.05, 0) is 25.9 Å². The number of nitrogens with zero attached hydrogens (tertiary/aromatic N) is 1. The molecule has 0 saturated carbocycles. The third-order valence-electron chi connectivity index (χ3n) is 2.66. The van der Waals surface area contributed by atoms with E-state index in [2.05, 4.69) is 14.9 Å². The van der Waals surface area contributed by atoms with Crippen LogP contribution in [0.2, 0.25) is 0 Å². The number of hydrogen-bond acceptors (Lipinski definition) is 3. The summed E-state index contributed by atoms with van der Waals surface area (Å²) >= 11 is 0. The van der Waals surface area contributed by atoms with Crippen LogP contribution < -0.4 is 11.2 Å². The fraction of sp³-hybridized carbons (Fsp3) is 0.600.